The molecule has 0 aliphatic heterocycles. The first kappa shape index (κ1) is 80.0. The van der Waals surface area contributed by atoms with Gasteiger partial charge in [-0.1, -0.05) is 174 Å². The van der Waals surface area contributed by atoms with E-state index in [-0.39, 0.29) is 24.2 Å². The first-order valence-electron chi connectivity index (χ1n) is 31.9. The van der Waals surface area contributed by atoms with Gasteiger partial charge in [-0.3, -0.25) is 0 Å². The lowest BCUT2D eigenvalue weighted by molar-refractivity contribution is 0.308. The Hall–Kier alpha value is -6.02. The summed E-state index contributed by atoms with van der Waals surface area (Å²) in [5.41, 5.74) is 11.3. The van der Waals surface area contributed by atoms with Gasteiger partial charge in [-0.15, -0.1) is 0 Å². The van der Waals surface area contributed by atoms with Crippen molar-refractivity contribution in [2.45, 2.75) is 216 Å². The molecule has 6 aromatic rings. The Kier molecular flexibility index (Phi) is 38.9. The molecule has 4 atom stereocenters. The number of aryl methyl sites for hydroxylation is 10. The molecule has 1 saturated carbocycles. The molecule has 10 rings (SSSR count). The molecule has 1 fully saturated rings. The molecule has 0 spiro atoms. The predicted molar refractivity (Wildman–Crippen MR) is 364 cm³/mol. The van der Waals surface area contributed by atoms with E-state index < -0.39 is 34.9 Å². The maximum Gasteiger partial charge on any atom is 0.161 e. The Morgan fingerprint density at radius 3 is 0.773 bits per heavy atom. The minimum atomic E-state index is -0.736. The lowest BCUT2D eigenvalue weighted by Gasteiger charge is -2.22. The number of rotatable bonds is 0. The highest BCUT2D eigenvalue weighted by Crippen LogP contribution is 2.28. The van der Waals surface area contributed by atoms with Crippen molar-refractivity contribution in [3.05, 3.63) is 246 Å². The predicted octanol–water partition coefficient (Wildman–Crippen LogP) is 26.1. The van der Waals surface area contributed by atoms with Gasteiger partial charge in [-0.2, -0.15) is 0 Å². The first-order chi connectivity index (χ1) is 41.2. The zero-order valence-electron chi connectivity index (χ0n) is 57.5. The Labute approximate surface area is 531 Å². The lowest BCUT2D eigenvalue weighted by Crippen LogP contribution is -2.08. The molecule has 0 aromatic heterocycles. The average molecular weight is 1230 g/mol. The van der Waals surface area contributed by atoms with E-state index in [9.17, 15) is 35.1 Å². The van der Waals surface area contributed by atoms with Crippen molar-refractivity contribution in [1.82, 2.24) is 0 Å². The molecule has 0 bridgehead atoms. The summed E-state index contributed by atoms with van der Waals surface area (Å²) in [6.07, 6.45) is 26.2. The number of hydrogen-bond acceptors (Lipinski definition) is 0. The second-order valence-corrected chi connectivity index (χ2v) is 25.8. The topological polar surface area (TPSA) is 0 Å². The molecule has 4 aliphatic carbocycles. The fourth-order valence-corrected chi connectivity index (χ4v) is 9.04. The Morgan fingerprint density at radius 2 is 0.545 bits per heavy atom. The Morgan fingerprint density at radius 1 is 0.284 bits per heavy atom. The van der Waals surface area contributed by atoms with Crippen LogP contribution in [0.4, 0.5) is 35.1 Å². The highest BCUT2D eigenvalue weighted by atomic mass is 19.2. The summed E-state index contributed by atoms with van der Waals surface area (Å²) in [5, 5.41) is 0. The summed E-state index contributed by atoms with van der Waals surface area (Å²) in [4.78, 5) is 0. The summed E-state index contributed by atoms with van der Waals surface area (Å²) in [6, 6.07) is 27.3. The normalized spacial score (nSPS) is 18.7. The monoisotopic (exact) mass is 1220 g/mol. The van der Waals surface area contributed by atoms with Gasteiger partial charge in [0.1, 0.15) is 34.9 Å². The fraction of sp³-hybridized carbons (Fsp3) is 0.475. The molecule has 0 heterocycles. The molecule has 0 amide bonds. The third-order valence-corrected chi connectivity index (χ3v) is 16.1. The van der Waals surface area contributed by atoms with E-state index >= 15 is 0 Å². The summed E-state index contributed by atoms with van der Waals surface area (Å²) in [5.74, 6) is 2.00. The fourth-order valence-electron chi connectivity index (χ4n) is 9.04. The van der Waals surface area contributed by atoms with Gasteiger partial charge in [-0.25, -0.2) is 35.1 Å². The van der Waals surface area contributed by atoms with Crippen molar-refractivity contribution >= 4 is 0 Å². The average Bonchev–Trinajstić information content (AvgIpc) is 3.10. The van der Waals surface area contributed by atoms with Gasteiger partial charge >= 0.3 is 0 Å². The van der Waals surface area contributed by atoms with Gasteiger partial charge in [0.2, 0.25) is 0 Å². The smallest absolute Gasteiger partial charge is 0.161 e. The van der Waals surface area contributed by atoms with Gasteiger partial charge in [0.15, 0.2) is 11.6 Å². The van der Waals surface area contributed by atoms with Crippen LogP contribution in [0.5, 0.6) is 0 Å². The molecule has 488 valence electrons. The third kappa shape index (κ3) is 35.2. The summed E-state index contributed by atoms with van der Waals surface area (Å²) < 4.78 is 101. The van der Waals surface area contributed by atoms with Crippen molar-refractivity contribution in [2.75, 3.05) is 0 Å². The van der Waals surface area contributed by atoms with E-state index in [1.165, 1.54) is 152 Å². The van der Waals surface area contributed by atoms with Crippen LogP contribution in [0.15, 0.2) is 133 Å². The van der Waals surface area contributed by atoms with E-state index in [0.29, 0.717) is 33.4 Å². The number of benzene rings is 6. The summed E-state index contributed by atoms with van der Waals surface area (Å²) in [7, 11) is 0. The van der Waals surface area contributed by atoms with Crippen LogP contribution in [-0.2, 0) is 0 Å². The van der Waals surface area contributed by atoms with E-state index in [2.05, 4.69) is 118 Å². The van der Waals surface area contributed by atoms with E-state index in [1.54, 1.807) is 63.1 Å². The molecule has 6 aromatic carbocycles. The molecule has 88 heavy (non-hydrogen) atoms. The van der Waals surface area contributed by atoms with Gasteiger partial charge in [0.05, 0.1) is 0 Å². The summed E-state index contributed by atoms with van der Waals surface area (Å²) in [6.45, 7) is 39.1. The van der Waals surface area contributed by atoms with Crippen LogP contribution >= 0.6 is 0 Å². The SMILES string of the molecule is CC1=CCC(C)CC1.CC1=CCC(C)CC1.CC1C=CC(C)CC1.CC1CCC(C)CC1.Cc1cc(F)c(C)c(F)c1.Cc1cc(F)c(C)c(F)c1.Cc1ccc(C)c(F)c1.Cc1ccc(C)c(F)c1.Cc1ccc(C)c(F)c1F.Cc1ccc(C)cc1.[HH]. The molecule has 8 heteroatoms. The van der Waals surface area contributed by atoms with Crippen molar-refractivity contribution in [2.24, 2.45) is 35.5 Å². The zero-order valence-corrected chi connectivity index (χ0v) is 57.5. The number of halogens is 8. The molecular weight excluding hydrogens is 1110 g/mol. The molecule has 4 unspecified atom stereocenters. The second-order valence-electron chi connectivity index (χ2n) is 25.8. The third-order valence-electron chi connectivity index (χ3n) is 16.1. The minimum absolute atomic E-state index is 0. The summed E-state index contributed by atoms with van der Waals surface area (Å²) >= 11 is 0. The van der Waals surface area contributed by atoms with Gasteiger partial charge in [0.25, 0.3) is 0 Å². The molecular formula is C80H112F8. The maximum absolute atomic E-state index is 12.6. The molecule has 0 radical (unpaired) electrons. The van der Waals surface area contributed by atoms with Gasteiger partial charge in [0, 0.05) is 12.6 Å². The van der Waals surface area contributed by atoms with Crippen LogP contribution in [0, 0.1) is 165 Å². The highest BCUT2D eigenvalue weighted by Gasteiger charge is 2.14. The standard InChI is InChI=1S/3C8H8F2.2C8H9F.C8H16.3C8H14.C8H10.H2/c2*1-5-3-7(9)6(2)8(10)4-5;1-5-3-4-6(2)8(10)7(5)9;2*1-6-3-4-7(2)8(9)5-6;5*1-7-3-5-8(2)6-4-7;/h3*3-4H,1-2H3;2*3-5H,1-2H3;7-8H,3-6H2,1-2H3;2*3,8H,4-6H2,1-2H3;3,5,7-8H,4,6H2,1-2H3;3-6H,1-2H3;1H. The van der Waals surface area contributed by atoms with Crippen molar-refractivity contribution in [1.29, 1.82) is 0 Å². The van der Waals surface area contributed by atoms with Crippen LogP contribution in [0.2, 0.25) is 0 Å². The Bertz CT molecular complexity index is 2800. The van der Waals surface area contributed by atoms with Crippen LogP contribution in [0.25, 0.3) is 0 Å². The van der Waals surface area contributed by atoms with Gasteiger partial charge < -0.3 is 0 Å². The van der Waals surface area contributed by atoms with Crippen LogP contribution in [0.1, 0.15) is 201 Å². The van der Waals surface area contributed by atoms with Crippen LogP contribution < -0.4 is 0 Å². The van der Waals surface area contributed by atoms with Gasteiger partial charge in [-0.05, 0) is 265 Å². The van der Waals surface area contributed by atoms with Crippen LogP contribution in [-0.4, -0.2) is 0 Å². The Balaban J connectivity index is 0.000000967. The molecule has 0 N–H and O–H groups in total. The lowest BCUT2D eigenvalue weighted by atomic mass is 9.84. The minimum Gasteiger partial charge on any atom is -0.207 e. The van der Waals surface area contributed by atoms with E-state index in [1.807, 2.05) is 26.0 Å². The quantitative estimate of drug-likeness (QED) is 0.105. The second kappa shape index (κ2) is 42.8. The zero-order chi connectivity index (χ0) is 66.8. The maximum atomic E-state index is 12.6. The van der Waals surface area contributed by atoms with Crippen molar-refractivity contribution in [3.8, 4) is 0 Å². The largest absolute Gasteiger partial charge is 0.207 e. The highest BCUT2D eigenvalue weighted by molar-refractivity contribution is 5.27. The molecule has 4 aliphatic rings. The van der Waals surface area contributed by atoms with Crippen molar-refractivity contribution < 1.29 is 36.5 Å². The van der Waals surface area contributed by atoms with E-state index in [4.69, 9.17) is 0 Å². The van der Waals surface area contributed by atoms with Crippen molar-refractivity contribution in [3.63, 3.8) is 0 Å². The molecule has 0 nitrogen and oxygen atoms in total. The molecule has 0 saturated heterocycles. The van der Waals surface area contributed by atoms with E-state index in [0.717, 1.165) is 46.6 Å². The first-order valence-corrected chi connectivity index (χ1v) is 31.9. The van der Waals surface area contributed by atoms with Crippen LogP contribution in [0.3, 0.4) is 0 Å². The number of hydrogen-bond donors (Lipinski definition) is 0. The number of allylic oxidation sites excluding steroid dienone is 6.